The molecule has 0 aromatic heterocycles. The van der Waals surface area contributed by atoms with Crippen LogP contribution in [0.25, 0.3) is 0 Å². The van der Waals surface area contributed by atoms with Crippen molar-refractivity contribution in [1.29, 1.82) is 0 Å². The summed E-state index contributed by atoms with van der Waals surface area (Å²) in [4.78, 5) is 0. The maximum atomic E-state index is 10.1. The Kier molecular flexibility index (Phi) is 5.98. The number of methoxy groups -OCH3 is 2. The Morgan fingerprint density at radius 2 is 1.30 bits per heavy atom. The van der Waals surface area contributed by atoms with Crippen molar-refractivity contribution in [1.82, 2.24) is 0 Å². The molecule has 0 aliphatic rings. The van der Waals surface area contributed by atoms with E-state index in [1.165, 1.54) is 0 Å². The van der Waals surface area contributed by atoms with Gasteiger partial charge in [-0.3, -0.25) is 0 Å². The summed E-state index contributed by atoms with van der Waals surface area (Å²) in [6.07, 6.45) is -1.09. The van der Waals surface area contributed by atoms with E-state index in [9.17, 15) is 10.2 Å². The first-order valence-corrected chi connectivity index (χ1v) is 7.43. The van der Waals surface area contributed by atoms with E-state index in [1.807, 2.05) is 48.5 Å². The van der Waals surface area contributed by atoms with Crippen molar-refractivity contribution in [3.05, 3.63) is 59.7 Å². The summed E-state index contributed by atoms with van der Waals surface area (Å²) in [6.45, 7) is -0.128. The second-order valence-electron chi connectivity index (χ2n) is 5.35. The van der Waals surface area contributed by atoms with Gasteiger partial charge in [-0.1, -0.05) is 24.3 Å². The van der Waals surface area contributed by atoms with Gasteiger partial charge in [0.2, 0.25) is 0 Å². The Labute approximate surface area is 136 Å². The monoisotopic (exact) mass is 317 g/mol. The fraction of sp³-hybridized carbons (Fsp3) is 0.333. The first-order chi connectivity index (χ1) is 11.1. The minimum absolute atomic E-state index is 0.128. The average Bonchev–Trinajstić information content (AvgIpc) is 2.59. The minimum atomic E-state index is -1.09. The highest BCUT2D eigenvalue weighted by Gasteiger charge is 2.29. The molecule has 0 heterocycles. The van der Waals surface area contributed by atoms with Crippen molar-refractivity contribution < 1.29 is 19.7 Å². The lowest BCUT2D eigenvalue weighted by Crippen LogP contribution is -2.33. The second kappa shape index (κ2) is 7.97. The van der Waals surface area contributed by atoms with Crippen molar-refractivity contribution in [3.63, 3.8) is 0 Å². The lowest BCUT2D eigenvalue weighted by atomic mass is 9.80. The Morgan fingerprint density at radius 1 is 0.870 bits per heavy atom. The molecule has 2 rings (SSSR count). The molecule has 5 nitrogen and oxygen atoms in total. The molecule has 0 aliphatic heterocycles. The number of hydrogen-bond donors (Lipinski definition) is 3. The summed E-state index contributed by atoms with van der Waals surface area (Å²) < 4.78 is 10.3. The Balaban J connectivity index is 2.35. The summed E-state index contributed by atoms with van der Waals surface area (Å²) >= 11 is 0. The molecule has 0 radical (unpaired) electrons. The van der Waals surface area contributed by atoms with E-state index in [-0.39, 0.29) is 12.5 Å². The second-order valence-corrected chi connectivity index (χ2v) is 5.35. The molecule has 0 amide bonds. The third-order valence-corrected chi connectivity index (χ3v) is 4.04. The topological polar surface area (TPSA) is 84.9 Å². The summed E-state index contributed by atoms with van der Waals surface area (Å²) in [5.74, 6) is 0.706. The van der Waals surface area contributed by atoms with E-state index >= 15 is 0 Å². The number of rotatable bonds is 7. The van der Waals surface area contributed by atoms with Crippen molar-refractivity contribution >= 4 is 0 Å². The summed E-state index contributed by atoms with van der Waals surface area (Å²) in [5.41, 5.74) is 7.53. The van der Waals surface area contributed by atoms with Crippen LogP contribution in [-0.2, 0) is 0 Å². The van der Waals surface area contributed by atoms with Gasteiger partial charge in [-0.2, -0.15) is 0 Å². The first-order valence-electron chi connectivity index (χ1n) is 7.43. The maximum absolute atomic E-state index is 10.1. The number of ether oxygens (including phenoxy) is 2. The van der Waals surface area contributed by atoms with Crippen molar-refractivity contribution in [2.75, 3.05) is 20.8 Å². The highest BCUT2D eigenvalue weighted by atomic mass is 16.5. The molecule has 5 heteroatoms. The van der Waals surface area contributed by atoms with E-state index in [0.717, 1.165) is 22.6 Å². The quantitative estimate of drug-likeness (QED) is 0.679. The van der Waals surface area contributed by atoms with Gasteiger partial charge in [0.25, 0.3) is 0 Å². The number of aliphatic hydroxyl groups excluding tert-OH is 2. The average molecular weight is 317 g/mol. The van der Waals surface area contributed by atoms with Gasteiger partial charge in [0.05, 0.1) is 20.8 Å². The molecule has 0 fully saturated rings. The molecule has 124 valence electrons. The number of benzene rings is 2. The van der Waals surface area contributed by atoms with E-state index in [0.29, 0.717) is 0 Å². The van der Waals surface area contributed by atoms with Crippen molar-refractivity contribution in [2.24, 2.45) is 5.73 Å². The number of nitrogens with two attached hydrogens (primary N) is 1. The Bertz CT molecular complexity index is 595. The molecule has 0 aliphatic carbocycles. The fourth-order valence-corrected chi connectivity index (χ4v) is 2.77. The smallest absolute Gasteiger partial charge is 0.118 e. The van der Waals surface area contributed by atoms with Gasteiger partial charge in [-0.05, 0) is 35.4 Å². The largest absolute Gasteiger partial charge is 0.497 e. The zero-order valence-electron chi connectivity index (χ0n) is 13.3. The van der Waals surface area contributed by atoms with Crippen LogP contribution in [-0.4, -0.2) is 37.3 Å². The van der Waals surface area contributed by atoms with Gasteiger partial charge >= 0.3 is 0 Å². The van der Waals surface area contributed by atoms with Gasteiger partial charge in [0.1, 0.15) is 17.7 Å². The van der Waals surface area contributed by atoms with Crippen LogP contribution in [0.1, 0.15) is 23.0 Å². The first kappa shape index (κ1) is 17.3. The molecule has 4 N–H and O–H groups in total. The molecular weight excluding hydrogens is 294 g/mol. The van der Waals surface area contributed by atoms with Gasteiger partial charge in [0.15, 0.2) is 0 Å². The maximum Gasteiger partial charge on any atom is 0.118 e. The van der Waals surface area contributed by atoms with E-state index in [2.05, 4.69) is 0 Å². The molecular formula is C18H23NO4. The highest BCUT2D eigenvalue weighted by molar-refractivity contribution is 5.35. The number of hydrogen-bond acceptors (Lipinski definition) is 5. The van der Waals surface area contributed by atoms with Crippen LogP contribution < -0.4 is 15.2 Å². The van der Waals surface area contributed by atoms with E-state index in [4.69, 9.17) is 15.2 Å². The van der Waals surface area contributed by atoms with Crippen molar-refractivity contribution in [3.8, 4) is 11.5 Å². The molecule has 0 bridgehead atoms. The zero-order chi connectivity index (χ0) is 16.8. The molecule has 2 aromatic carbocycles. The predicted octanol–water partition coefficient (Wildman–Crippen LogP) is 1.84. The van der Waals surface area contributed by atoms with Crippen LogP contribution in [0.3, 0.4) is 0 Å². The molecule has 3 atom stereocenters. The lowest BCUT2D eigenvalue weighted by Gasteiger charge is -2.29. The normalized spacial score (nSPS) is 14.8. The third-order valence-electron chi connectivity index (χ3n) is 4.04. The summed E-state index contributed by atoms with van der Waals surface area (Å²) in [5, 5.41) is 19.9. The van der Waals surface area contributed by atoms with Crippen LogP contribution in [0, 0.1) is 0 Å². The molecule has 23 heavy (non-hydrogen) atoms. The predicted molar refractivity (Wildman–Crippen MR) is 88.8 cm³/mol. The molecule has 0 saturated heterocycles. The fourth-order valence-electron chi connectivity index (χ4n) is 2.77. The van der Waals surface area contributed by atoms with Gasteiger partial charge in [-0.25, -0.2) is 0 Å². The van der Waals surface area contributed by atoms with Crippen LogP contribution in [0.4, 0.5) is 0 Å². The summed E-state index contributed by atoms with van der Waals surface area (Å²) in [7, 11) is 3.19. The SMILES string of the molecule is COc1ccc(C(CO)C(c2ccc(OC)cc2)C(N)O)cc1. The Hall–Kier alpha value is -2.08. The third kappa shape index (κ3) is 4.01. The lowest BCUT2D eigenvalue weighted by molar-refractivity contribution is 0.117. The standard InChI is InChI=1S/C18H23NO4/c1-22-14-7-3-12(4-8-14)16(11-20)17(18(19)21)13-5-9-15(23-2)10-6-13/h3-10,16-18,20-21H,11,19H2,1-2H3. The van der Waals surface area contributed by atoms with Crippen LogP contribution in [0.5, 0.6) is 11.5 Å². The van der Waals surface area contributed by atoms with Crippen LogP contribution in [0.2, 0.25) is 0 Å². The Morgan fingerprint density at radius 3 is 1.65 bits per heavy atom. The minimum Gasteiger partial charge on any atom is -0.497 e. The van der Waals surface area contributed by atoms with E-state index < -0.39 is 12.1 Å². The van der Waals surface area contributed by atoms with Gasteiger partial charge in [0, 0.05) is 11.8 Å². The number of aliphatic hydroxyl groups is 2. The zero-order valence-corrected chi connectivity index (χ0v) is 13.3. The van der Waals surface area contributed by atoms with Crippen molar-refractivity contribution in [2.45, 2.75) is 18.1 Å². The van der Waals surface area contributed by atoms with Crippen LogP contribution in [0.15, 0.2) is 48.5 Å². The van der Waals surface area contributed by atoms with Gasteiger partial charge in [-0.15, -0.1) is 0 Å². The summed E-state index contributed by atoms with van der Waals surface area (Å²) in [6, 6.07) is 14.7. The van der Waals surface area contributed by atoms with Crippen LogP contribution >= 0.6 is 0 Å². The molecule has 0 spiro atoms. The van der Waals surface area contributed by atoms with Gasteiger partial charge < -0.3 is 25.4 Å². The van der Waals surface area contributed by atoms with E-state index in [1.54, 1.807) is 14.2 Å². The molecule has 3 unspecified atom stereocenters. The molecule has 0 saturated carbocycles. The molecule has 2 aromatic rings. The highest BCUT2D eigenvalue weighted by Crippen LogP contribution is 2.35.